The van der Waals surface area contributed by atoms with Gasteiger partial charge in [-0.25, -0.2) is 4.79 Å². The van der Waals surface area contributed by atoms with E-state index < -0.39 is 11.0 Å². The normalized spacial score (nSPS) is 19.3. The molecule has 3 heterocycles. The number of likely N-dealkylation sites (tertiary alicyclic amines) is 1. The topological polar surface area (TPSA) is 122 Å². The van der Waals surface area contributed by atoms with Crippen molar-refractivity contribution >= 4 is 34.4 Å². The summed E-state index contributed by atoms with van der Waals surface area (Å²) in [5.41, 5.74) is 6.04. The third kappa shape index (κ3) is 7.04. The minimum absolute atomic E-state index is 0.0244. The molecule has 10 nitrogen and oxygen atoms in total. The van der Waals surface area contributed by atoms with Gasteiger partial charge in [-0.1, -0.05) is 26.8 Å². The van der Waals surface area contributed by atoms with Crippen LogP contribution in [0.3, 0.4) is 0 Å². The van der Waals surface area contributed by atoms with E-state index in [4.69, 9.17) is 4.74 Å². The second-order valence-electron chi connectivity index (χ2n) is 15.3. The summed E-state index contributed by atoms with van der Waals surface area (Å²) in [5, 5.41) is 13.3. The Morgan fingerprint density at radius 2 is 1.86 bits per heavy atom. The molecule has 49 heavy (non-hydrogen) atoms. The van der Waals surface area contributed by atoms with Crippen molar-refractivity contribution < 1.29 is 19.1 Å². The molecule has 6 rings (SSSR count). The Kier molecular flexibility index (Phi) is 9.51. The molecule has 3 aromatic rings. The van der Waals surface area contributed by atoms with Crippen LogP contribution in [0.4, 0.5) is 10.5 Å². The number of benzene rings is 2. The van der Waals surface area contributed by atoms with Gasteiger partial charge in [0.25, 0.3) is 0 Å². The van der Waals surface area contributed by atoms with E-state index in [1.54, 1.807) is 6.07 Å². The lowest BCUT2D eigenvalue weighted by atomic mass is 9.70. The molecule has 1 atom stereocenters. The molecule has 2 fully saturated rings. The van der Waals surface area contributed by atoms with Crippen LogP contribution in [0, 0.1) is 11.3 Å². The summed E-state index contributed by atoms with van der Waals surface area (Å²) in [6.45, 7) is 17.4. The number of nitrogens with one attached hydrogen (secondary N) is 2. The first-order valence-corrected chi connectivity index (χ1v) is 17.8. The molecule has 2 aliphatic heterocycles. The number of carbonyl (C=O) groups is 3. The maximum Gasteiger partial charge on any atom is 0.407 e. The fourth-order valence-electron chi connectivity index (χ4n) is 7.82. The van der Waals surface area contributed by atoms with Crippen LogP contribution in [0.15, 0.2) is 30.3 Å². The monoisotopic (exact) mass is 666 g/mol. The molecular formula is C39H50N6O4. The number of fused-ring (bicyclic) bond motifs is 4. The number of ether oxygens (including phenoxy) is 1. The Bertz CT molecular complexity index is 1800. The Balaban J connectivity index is 1.07. The number of piperazine rings is 1. The first-order chi connectivity index (χ1) is 23.3. The number of ketones is 1. The van der Waals surface area contributed by atoms with E-state index in [2.05, 4.69) is 59.1 Å². The van der Waals surface area contributed by atoms with Crippen LogP contribution in [0.25, 0.3) is 10.9 Å². The smallest absolute Gasteiger partial charge is 0.407 e. The van der Waals surface area contributed by atoms with Gasteiger partial charge in [0.05, 0.1) is 17.2 Å². The van der Waals surface area contributed by atoms with Crippen LogP contribution < -0.4 is 10.2 Å². The fourth-order valence-corrected chi connectivity index (χ4v) is 7.82. The highest BCUT2D eigenvalue weighted by atomic mass is 16.6. The molecule has 2 amide bonds. The molecule has 1 aromatic heterocycles. The molecule has 2 saturated heterocycles. The predicted octanol–water partition coefficient (Wildman–Crippen LogP) is 5.89. The van der Waals surface area contributed by atoms with Crippen LogP contribution >= 0.6 is 0 Å². The quantitative estimate of drug-likeness (QED) is 0.323. The Hall–Kier alpha value is -4.36. The van der Waals surface area contributed by atoms with Crippen LogP contribution in [0.2, 0.25) is 0 Å². The summed E-state index contributed by atoms with van der Waals surface area (Å²) in [7, 11) is 0. The zero-order valence-electron chi connectivity index (χ0n) is 29.9. The van der Waals surface area contributed by atoms with E-state index in [1.165, 1.54) is 0 Å². The molecule has 2 N–H and O–H groups in total. The van der Waals surface area contributed by atoms with Crippen molar-refractivity contribution in [2.75, 3.05) is 50.7 Å². The number of aromatic amines is 1. The average molecular weight is 667 g/mol. The minimum Gasteiger partial charge on any atom is -0.444 e. The van der Waals surface area contributed by atoms with E-state index in [0.29, 0.717) is 30.6 Å². The molecule has 0 bridgehead atoms. The van der Waals surface area contributed by atoms with Crippen LogP contribution in [0.1, 0.15) is 106 Å². The van der Waals surface area contributed by atoms with Crippen molar-refractivity contribution in [3.05, 3.63) is 63.8 Å². The van der Waals surface area contributed by atoms with E-state index >= 15 is 0 Å². The minimum atomic E-state index is -0.519. The van der Waals surface area contributed by atoms with Crippen LogP contribution in [0.5, 0.6) is 0 Å². The molecule has 0 spiro atoms. The van der Waals surface area contributed by atoms with E-state index in [0.717, 1.165) is 97.4 Å². The zero-order chi connectivity index (χ0) is 35.1. The van der Waals surface area contributed by atoms with Gasteiger partial charge in [0.1, 0.15) is 5.60 Å². The fraction of sp³-hybridized carbons (Fsp3) is 0.538. The van der Waals surface area contributed by atoms with Gasteiger partial charge in [-0.2, -0.15) is 5.26 Å². The summed E-state index contributed by atoms with van der Waals surface area (Å²) >= 11 is 0. The lowest BCUT2D eigenvalue weighted by Gasteiger charge is -2.39. The summed E-state index contributed by atoms with van der Waals surface area (Å²) in [5.74, 6) is 0.218. The van der Waals surface area contributed by atoms with Gasteiger partial charge in [0.15, 0.2) is 5.78 Å². The highest BCUT2D eigenvalue weighted by molar-refractivity contribution is 6.20. The van der Waals surface area contributed by atoms with Crippen LogP contribution in [-0.2, 0) is 21.4 Å². The van der Waals surface area contributed by atoms with Gasteiger partial charge in [0, 0.05) is 78.4 Å². The number of carbonyl (C=O) groups excluding carboxylic acids is 3. The standard InChI is InChI=1S/C39H50N6O4/c1-7-26-21-29-30(39(5,6)36-34(35(29)47)28-13-12-25(23-40)20-31(28)42-36)22-32(26)44-16-18-45(19-17-44)33(46)11-9-15-43-14-8-10-27(24-43)41-37(48)49-38(2,3)4/h12-13,20-22,27,42H,7-11,14-19,24H2,1-6H3,(H,41,48)/t27-/m1/s1. The molecule has 0 saturated carbocycles. The highest BCUT2D eigenvalue weighted by Gasteiger charge is 2.41. The number of H-pyrrole nitrogens is 1. The number of nitriles is 1. The zero-order valence-corrected chi connectivity index (χ0v) is 29.9. The van der Waals surface area contributed by atoms with E-state index in [-0.39, 0.29) is 23.8 Å². The maximum absolute atomic E-state index is 14.0. The number of hydrogen-bond acceptors (Lipinski definition) is 7. The number of anilines is 1. The number of aryl methyl sites for hydroxylation is 1. The molecule has 0 radical (unpaired) electrons. The van der Waals surface area contributed by atoms with Crippen LogP contribution in [-0.4, -0.2) is 90.0 Å². The Labute approximate surface area is 289 Å². The Morgan fingerprint density at radius 3 is 2.55 bits per heavy atom. The molecule has 2 aromatic carbocycles. The number of nitrogens with zero attached hydrogens (tertiary/aromatic N) is 4. The molecule has 0 unspecified atom stereocenters. The number of alkyl carbamates (subject to hydrolysis) is 1. The second kappa shape index (κ2) is 13.5. The maximum atomic E-state index is 14.0. The molecule has 10 heteroatoms. The number of amides is 2. The van der Waals surface area contributed by atoms with Gasteiger partial charge >= 0.3 is 6.09 Å². The van der Waals surface area contributed by atoms with Gasteiger partial charge in [0.2, 0.25) is 5.91 Å². The van der Waals surface area contributed by atoms with Crippen molar-refractivity contribution in [3.63, 3.8) is 0 Å². The first-order valence-electron chi connectivity index (χ1n) is 17.8. The number of aromatic nitrogens is 1. The molecule has 3 aliphatic rings. The van der Waals surface area contributed by atoms with E-state index in [1.807, 2.05) is 37.8 Å². The van der Waals surface area contributed by atoms with Crippen molar-refractivity contribution in [2.24, 2.45) is 0 Å². The van der Waals surface area contributed by atoms with Crippen molar-refractivity contribution in [1.29, 1.82) is 5.26 Å². The van der Waals surface area contributed by atoms with Gasteiger partial charge in [-0.3, -0.25) is 9.59 Å². The molecule has 260 valence electrons. The summed E-state index contributed by atoms with van der Waals surface area (Å²) in [6, 6.07) is 12.0. The largest absolute Gasteiger partial charge is 0.444 e. The number of piperidine rings is 1. The van der Waals surface area contributed by atoms with E-state index in [9.17, 15) is 19.6 Å². The summed E-state index contributed by atoms with van der Waals surface area (Å²) in [6.07, 6.45) is 3.68. The average Bonchev–Trinajstić information content (AvgIpc) is 3.46. The van der Waals surface area contributed by atoms with Gasteiger partial charge < -0.3 is 29.7 Å². The second-order valence-corrected chi connectivity index (χ2v) is 15.3. The third-order valence-electron chi connectivity index (χ3n) is 10.4. The summed E-state index contributed by atoms with van der Waals surface area (Å²) in [4.78, 5) is 49.7. The predicted molar refractivity (Wildman–Crippen MR) is 191 cm³/mol. The SMILES string of the molecule is CCc1cc2c(cc1N1CCN(C(=O)CCCN3CCC[C@@H](NC(=O)OC(C)(C)C)C3)CC1)C(C)(C)c1[nH]c3cc(C#N)ccc3c1C2=O. The van der Waals surface area contributed by atoms with Crippen molar-refractivity contribution in [2.45, 2.75) is 90.7 Å². The first kappa shape index (κ1) is 34.5. The lowest BCUT2D eigenvalue weighted by molar-refractivity contribution is -0.131. The summed E-state index contributed by atoms with van der Waals surface area (Å²) < 4.78 is 5.43. The number of hydrogen-bond donors (Lipinski definition) is 2. The number of rotatable bonds is 7. The van der Waals surface area contributed by atoms with Crippen molar-refractivity contribution in [1.82, 2.24) is 20.1 Å². The highest BCUT2D eigenvalue weighted by Crippen LogP contribution is 2.46. The van der Waals surface area contributed by atoms with Crippen molar-refractivity contribution in [3.8, 4) is 6.07 Å². The lowest BCUT2D eigenvalue weighted by Crippen LogP contribution is -2.50. The Morgan fingerprint density at radius 1 is 1.10 bits per heavy atom. The molecule has 1 aliphatic carbocycles. The molecular weight excluding hydrogens is 616 g/mol. The van der Waals surface area contributed by atoms with Gasteiger partial charge in [-0.15, -0.1) is 0 Å². The third-order valence-corrected chi connectivity index (χ3v) is 10.4. The van der Waals surface area contributed by atoms with Gasteiger partial charge in [-0.05, 0) is 94.9 Å².